The van der Waals surface area contributed by atoms with Crippen LogP contribution in [-0.4, -0.2) is 30.6 Å². The van der Waals surface area contributed by atoms with Crippen LogP contribution in [0.2, 0.25) is 0 Å². The minimum atomic E-state index is -4.26. The lowest BCUT2D eigenvalue weighted by molar-refractivity contribution is -0.137. The van der Waals surface area contributed by atoms with Crippen LogP contribution in [0.15, 0.2) is 24.3 Å². The van der Waals surface area contributed by atoms with E-state index in [9.17, 15) is 13.2 Å². The molecule has 1 aromatic carbocycles. The normalized spacial score (nSPS) is 19.8. The van der Waals surface area contributed by atoms with Gasteiger partial charge in [0.05, 0.1) is 5.56 Å². The Hall–Kier alpha value is -1.07. The van der Waals surface area contributed by atoms with Crippen LogP contribution in [0.5, 0.6) is 0 Å². The molecule has 1 aliphatic heterocycles. The molecule has 0 amide bonds. The molecule has 5 heteroatoms. The van der Waals surface area contributed by atoms with Crippen molar-refractivity contribution < 1.29 is 13.2 Å². The van der Waals surface area contributed by atoms with Gasteiger partial charge in [-0.1, -0.05) is 25.1 Å². The van der Waals surface area contributed by atoms with E-state index in [4.69, 9.17) is 0 Å². The molecule has 0 saturated carbocycles. The van der Waals surface area contributed by atoms with E-state index in [-0.39, 0.29) is 0 Å². The molecule has 0 aromatic heterocycles. The Balaban J connectivity index is 2.09. The summed E-state index contributed by atoms with van der Waals surface area (Å²) in [5.74, 6) is 0. The van der Waals surface area contributed by atoms with E-state index in [0.717, 1.165) is 44.1 Å². The van der Waals surface area contributed by atoms with Gasteiger partial charge in [-0.25, -0.2) is 0 Å². The van der Waals surface area contributed by atoms with Crippen molar-refractivity contribution in [3.05, 3.63) is 35.4 Å². The third-order valence-corrected chi connectivity index (χ3v) is 3.70. The molecule has 0 bridgehead atoms. The summed E-state index contributed by atoms with van der Waals surface area (Å²) in [7, 11) is 0. The molecule has 112 valence electrons. The maximum atomic E-state index is 12.7. The molecular weight excluding hydrogens is 265 g/mol. The highest BCUT2D eigenvalue weighted by Gasteiger charge is 2.30. The van der Waals surface area contributed by atoms with Crippen molar-refractivity contribution in [3.8, 4) is 0 Å². The molecule has 0 spiro atoms. The predicted octanol–water partition coefficient (Wildman–Crippen LogP) is 3.28. The van der Waals surface area contributed by atoms with Gasteiger partial charge >= 0.3 is 6.18 Å². The molecule has 1 unspecified atom stereocenters. The Labute approximate surface area is 118 Å². The zero-order valence-electron chi connectivity index (χ0n) is 11.7. The third-order valence-electron chi connectivity index (χ3n) is 3.70. The summed E-state index contributed by atoms with van der Waals surface area (Å²) in [6.07, 6.45) is -2.19. The summed E-state index contributed by atoms with van der Waals surface area (Å²) in [4.78, 5) is 2.29. The monoisotopic (exact) mass is 286 g/mol. The Morgan fingerprint density at radius 2 is 2.15 bits per heavy atom. The molecule has 1 heterocycles. The average molecular weight is 286 g/mol. The lowest BCUT2D eigenvalue weighted by atomic mass is 10.1. The first-order chi connectivity index (χ1) is 9.50. The fourth-order valence-electron chi connectivity index (χ4n) is 2.71. The lowest BCUT2D eigenvalue weighted by Gasteiger charge is -2.28. The highest BCUT2D eigenvalue weighted by Crippen LogP contribution is 2.30. The first-order valence-electron chi connectivity index (χ1n) is 7.11. The molecule has 1 N–H and O–H groups in total. The predicted molar refractivity (Wildman–Crippen MR) is 73.4 cm³/mol. The van der Waals surface area contributed by atoms with Gasteiger partial charge < -0.3 is 5.32 Å². The Morgan fingerprint density at radius 1 is 1.35 bits per heavy atom. The number of benzene rings is 1. The second kappa shape index (κ2) is 6.59. The van der Waals surface area contributed by atoms with E-state index in [1.165, 1.54) is 12.1 Å². The molecule has 0 aliphatic carbocycles. The van der Waals surface area contributed by atoms with Crippen LogP contribution in [0.3, 0.4) is 0 Å². The van der Waals surface area contributed by atoms with Crippen molar-refractivity contribution in [2.45, 2.75) is 38.5 Å². The molecular formula is C15H21F3N2. The Kier molecular flexibility index (Phi) is 5.05. The van der Waals surface area contributed by atoms with Crippen LogP contribution in [0.4, 0.5) is 13.2 Å². The Morgan fingerprint density at radius 3 is 2.75 bits per heavy atom. The number of halogens is 3. The van der Waals surface area contributed by atoms with Gasteiger partial charge in [0.15, 0.2) is 0 Å². The first kappa shape index (κ1) is 15.3. The number of hydrogen-bond acceptors (Lipinski definition) is 2. The summed E-state index contributed by atoms with van der Waals surface area (Å²) in [6.45, 7) is 5.53. The van der Waals surface area contributed by atoms with E-state index in [1.54, 1.807) is 6.07 Å². The van der Waals surface area contributed by atoms with Gasteiger partial charge in [0.25, 0.3) is 0 Å². The summed E-state index contributed by atoms with van der Waals surface area (Å²) in [5, 5.41) is 3.31. The molecule has 1 atom stereocenters. The lowest BCUT2D eigenvalue weighted by Crippen LogP contribution is -2.36. The van der Waals surface area contributed by atoms with Crippen LogP contribution in [0, 0.1) is 0 Å². The van der Waals surface area contributed by atoms with Crippen molar-refractivity contribution >= 4 is 0 Å². The highest BCUT2D eigenvalue weighted by molar-refractivity contribution is 5.25. The second-order valence-corrected chi connectivity index (χ2v) is 5.32. The number of rotatable bonds is 5. The summed E-state index contributed by atoms with van der Waals surface area (Å²) < 4.78 is 38.2. The number of alkyl halides is 3. The molecule has 1 fully saturated rings. The molecule has 1 aromatic rings. The summed E-state index contributed by atoms with van der Waals surface area (Å²) in [6, 6.07) is 6.11. The third kappa shape index (κ3) is 3.96. The molecule has 20 heavy (non-hydrogen) atoms. The van der Waals surface area contributed by atoms with Crippen LogP contribution in [0.1, 0.15) is 30.9 Å². The van der Waals surface area contributed by atoms with Crippen molar-refractivity contribution in [3.63, 3.8) is 0 Å². The van der Waals surface area contributed by atoms with E-state index in [1.807, 2.05) is 0 Å². The topological polar surface area (TPSA) is 15.3 Å². The van der Waals surface area contributed by atoms with Crippen LogP contribution >= 0.6 is 0 Å². The minimum Gasteiger partial charge on any atom is -0.315 e. The van der Waals surface area contributed by atoms with Gasteiger partial charge in [-0.3, -0.25) is 4.90 Å². The van der Waals surface area contributed by atoms with Gasteiger partial charge in [-0.15, -0.1) is 0 Å². The van der Waals surface area contributed by atoms with Gasteiger partial charge in [0, 0.05) is 19.1 Å². The summed E-state index contributed by atoms with van der Waals surface area (Å²) in [5.41, 5.74) is 0.177. The maximum absolute atomic E-state index is 12.7. The van der Waals surface area contributed by atoms with E-state index < -0.39 is 11.7 Å². The van der Waals surface area contributed by atoms with Gasteiger partial charge in [0.1, 0.15) is 0 Å². The molecule has 2 rings (SSSR count). The van der Waals surface area contributed by atoms with E-state index >= 15 is 0 Å². The molecule has 2 nitrogen and oxygen atoms in total. The van der Waals surface area contributed by atoms with Crippen LogP contribution in [0.25, 0.3) is 0 Å². The van der Waals surface area contributed by atoms with Crippen LogP contribution in [-0.2, 0) is 12.7 Å². The average Bonchev–Trinajstić information content (AvgIpc) is 2.91. The fraction of sp³-hybridized carbons (Fsp3) is 0.600. The molecule has 1 aliphatic rings. The van der Waals surface area contributed by atoms with Crippen molar-refractivity contribution in [2.24, 2.45) is 0 Å². The first-order valence-corrected chi connectivity index (χ1v) is 7.11. The molecule has 0 radical (unpaired) electrons. The summed E-state index contributed by atoms with van der Waals surface area (Å²) >= 11 is 0. The number of hydrogen-bond donors (Lipinski definition) is 1. The quantitative estimate of drug-likeness (QED) is 0.893. The van der Waals surface area contributed by atoms with Crippen molar-refractivity contribution in [1.29, 1.82) is 0 Å². The highest BCUT2D eigenvalue weighted by atomic mass is 19.4. The number of nitrogens with zero attached hydrogens (tertiary/aromatic N) is 1. The zero-order chi connectivity index (χ0) is 14.6. The van der Waals surface area contributed by atoms with E-state index in [0.29, 0.717) is 12.6 Å². The van der Waals surface area contributed by atoms with Crippen molar-refractivity contribution in [1.82, 2.24) is 10.2 Å². The second-order valence-electron chi connectivity index (χ2n) is 5.32. The van der Waals surface area contributed by atoms with Crippen LogP contribution < -0.4 is 5.32 Å². The van der Waals surface area contributed by atoms with Crippen molar-refractivity contribution in [2.75, 3.05) is 19.6 Å². The zero-order valence-corrected chi connectivity index (χ0v) is 11.7. The SMILES string of the molecule is CCCN(Cc1cccc(C(F)(F)F)c1)C1CCNC1. The maximum Gasteiger partial charge on any atom is 0.416 e. The minimum absolute atomic E-state index is 0.435. The van der Waals surface area contributed by atoms with Gasteiger partial charge in [-0.05, 0) is 37.6 Å². The fourth-order valence-corrected chi connectivity index (χ4v) is 2.71. The standard InChI is InChI=1S/C15H21F3N2/c1-2-8-20(14-6-7-19-10-14)11-12-4-3-5-13(9-12)15(16,17)18/h3-5,9,14,19H,2,6-8,10-11H2,1H3. The Bertz CT molecular complexity index is 425. The van der Waals surface area contributed by atoms with E-state index in [2.05, 4.69) is 17.1 Å². The smallest absolute Gasteiger partial charge is 0.315 e. The largest absolute Gasteiger partial charge is 0.416 e. The van der Waals surface area contributed by atoms with Gasteiger partial charge in [-0.2, -0.15) is 13.2 Å². The van der Waals surface area contributed by atoms with Gasteiger partial charge in [0.2, 0.25) is 0 Å². The molecule has 1 saturated heterocycles. The number of nitrogens with one attached hydrogen (secondary N) is 1.